The van der Waals surface area contributed by atoms with Gasteiger partial charge in [0.05, 0.1) is 23.9 Å². The van der Waals surface area contributed by atoms with E-state index in [1.54, 1.807) is 29.2 Å². The van der Waals surface area contributed by atoms with Gasteiger partial charge < -0.3 is 20.6 Å². The number of amides is 3. The molecule has 2 aliphatic heterocycles. The first-order valence-corrected chi connectivity index (χ1v) is 8.54. The summed E-state index contributed by atoms with van der Waals surface area (Å²) in [6.07, 6.45) is 0.762. The Balaban J connectivity index is 1.55. The Morgan fingerprint density at radius 1 is 1.04 bits per heavy atom. The zero-order valence-electron chi connectivity index (χ0n) is 14.1. The van der Waals surface area contributed by atoms with Crippen LogP contribution in [-0.4, -0.2) is 35.0 Å². The predicted molar refractivity (Wildman–Crippen MR) is 96.3 cm³/mol. The smallest absolute Gasteiger partial charge is 0.319 e. The minimum atomic E-state index is -0.506. The highest BCUT2D eigenvalue weighted by Crippen LogP contribution is 2.33. The van der Waals surface area contributed by atoms with Crippen LogP contribution < -0.4 is 10.6 Å². The lowest BCUT2D eigenvalue weighted by molar-refractivity contribution is -0.125. The van der Waals surface area contributed by atoms with Gasteiger partial charge >= 0.3 is 6.03 Å². The molecule has 2 heterocycles. The van der Waals surface area contributed by atoms with Gasteiger partial charge in [-0.05, 0) is 29.7 Å². The van der Waals surface area contributed by atoms with Gasteiger partial charge in [-0.1, -0.05) is 42.5 Å². The fourth-order valence-electron chi connectivity index (χ4n) is 3.43. The van der Waals surface area contributed by atoms with Crippen LogP contribution in [0.15, 0.2) is 65.9 Å². The summed E-state index contributed by atoms with van der Waals surface area (Å²) in [5, 5.41) is 15.1. The van der Waals surface area contributed by atoms with Crippen molar-refractivity contribution >= 4 is 11.9 Å². The van der Waals surface area contributed by atoms with E-state index in [1.165, 1.54) is 5.56 Å². The SMILES string of the molecule is O=C1NC2=C(C(=O)N(CCc3ccccc3)C2)[C@@H](c2ccc(O)cc2)N1. The van der Waals surface area contributed by atoms with Crippen molar-refractivity contribution in [3.05, 3.63) is 77.0 Å². The average molecular weight is 349 g/mol. The molecule has 4 rings (SSSR count). The highest BCUT2D eigenvalue weighted by Gasteiger charge is 2.40. The molecule has 2 aromatic rings. The van der Waals surface area contributed by atoms with Gasteiger partial charge in [0, 0.05) is 6.54 Å². The van der Waals surface area contributed by atoms with Gasteiger partial charge in [0.1, 0.15) is 5.75 Å². The minimum Gasteiger partial charge on any atom is -0.508 e. The molecule has 1 atom stereocenters. The summed E-state index contributed by atoms with van der Waals surface area (Å²) in [6.45, 7) is 0.997. The third kappa shape index (κ3) is 3.01. The van der Waals surface area contributed by atoms with Crippen molar-refractivity contribution in [3.8, 4) is 5.75 Å². The number of carbonyl (C=O) groups is 2. The molecule has 6 nitrogen and oxygen atoms in total. The summed E-state index contributed by atoms with van der Waals surface area (Å²) in [7, 11) is 0. The van der Waals surface area contributed by atoms with Crippen LogP contribution in [0.5, 0.6) is 5.75 Å². The van der Waals surface area contributed by atoms with Gasteiger partial charge in [0.2, 0.25) is 0 Å². The van der Waals surface area contributed by atoms with Gasteiger partial charge in [0.25, 0.3) is 5.91 Å². The number of phenols is 1. The third-order valence-corrected chi connectivity index (χ3v) is 4.76. The molecular formula is C20H19N3O3. The predicted octanol–water partition coefficient (Wildman–Crippen LogP) is 2.09. The van der Waals surface area contributed by atoms with Crippen molar-refractivity contribution in [3.63, 3.8) is 0 Å². The van der Waals surface area contributed by atoms with Crippen molar-refractivity contribution < 1.29 is 14.7 Å². The average Bonchev–Trinajstić information content (AvgIpc) is 2.96. The summed E-state index contributed by atoms with van der Waals surface area (Å²) in [5.74, 6) is 0.0759. The second-order valence-corrected chi connectivity index (χ2v) is 6.48. The molecule has 132 valence electrons. The highest BCUT2D eigenvalue weighted by molar-refractivity contribution is 6.01. The zero-order valence-corrected chi connectivity index (χ0v) is 14.1. The number of hydrogen-bond acceptors (Lipinski definition) is 3. The second-order valence-electron chi connectivity index (χ2n) is 6.48. The van der Waals surface area contributed by atoms with Crippen LogP contribution in [0.25, 0.3) is 0 Å². The van der Waals surface area contributed by atoms with Gasteiger partial charge in [-0.15, -0.1) is 0 Å². The number of nitrogens with one attached hydrogen (secondary N) is 2. The fourth-order valence-corrected chi connectivity index (χ4v) is 3.43. The number of nitrogens with zero attached hydrogens (tertiary/aromatic N) is 1. The number of hydrogen-bond donors (Lipinski definition) is 3. The zero-order chi connectivity index (χ0) is 18.1. The van der Waals surface area contributed by atoms with Crippen molar-refractivity contribution in [1.29, 1.82) is 0 Å². The molecule has 2 aromatic carbocycles. The Hall–Kier alpha value is -3.28. The normalized spacial score (nSPS) is 19.2. The van der Waals surface area contributed by atoms with E-state index in [-0.39, 0.29) is 17.7 Å². The summed E-state index contributed by atoms with van der Waals surface area (Å²) < 4.78 is 0. The molecule has 0 aromatic heterocycles. The van der Waals surface area contributed by atoms with Crippen molar-refractivity contribution in [2.24, 2.45) is 0 Å². The lowest BCUT2D eigenvalue weighted by Crippen LogP contribution is -2.44. The molecule has 3 amide bonds. The van der Waals surface area contributed by atoms with Crippen molar-refractivity contribution in [1.82, 2.24) is 15.5 Å². The molecule has 2 aliphatic rings. The first kappa shape index (κ1) is 16.2. The maximum absolute atomic E-state index is 12.9. The Bertz CT molecular complexity index is 875. The van der Waals surface area contributed by atoms with Gasteiger partial charge in [-0.25, -0.2) is 4.79 Å². The molecule has 0 bridgehead atoms. The molecule has 26 heavy (non-hydrogen) atoms. The van der Waals surface area contributed by atoms with Crippen LogP contribution in [0.4, 0.5) is 4.79 Å². The van der Waals surface area contributed by atoms with Crippen molar-refractivity contribution in [2.75, 3.05) is 13.1 Å². The van der Waals surface area contributed by atoms with Gasteiger partial charge in [-0.2, -0.15) is 0 Å². The number of rotatable bonds is 4. The fraction of sp³-hybridized carbons (Fsp3) is 0.200. The van der Waals surface area contributed by atoms with Crippen LogP contribution in [0.1, 0.15) is 17.2 Å². The van der Waals surface area contributed by atoms with Crippen LogP contribution >= 0.6 is 0 Å². The molecule has 0 saturated heterocycles. The third-order valence-electron chi connectivity index (χ3n) is 4.76. The Morgan fingerprint density at radius 2 is 1.77 bits per heavy atom. The Labute approximate surface area is 151 Å². The maximum atomic E-state index is 12.9. The van der Waals surface area contributed by atoms with Crippen LogP contribution in [0.3, 0.4) is 0 Å². The molecule has 0 saturated carbocycles. The largest absolute Gasteiger partial charge is 0.508 e. The lowest BCUT2D eigenvalue weighted by atomic mass is 9.96. The standard InChI is InChI=1S/C20H19N3O3/c24-15-8-6-14(7-9-15)18-17-16(21-20(26)22-18)12-23(19(17)25)11-10-13-4-2-1-3-5-13/h1-9,18,24H,10-12H2,(H2,21,22,26)/t18-/m1/s1. The minimum absolute atomic E-state index is 0.0680. The van der Waals surface area contributed by atoms with E-state index < -0.39 is 6.04 Å². The number of aromatic hydroxyl groups is 1. The van der Waals surface area contributed by atoms with Gasteiger partial charge in [-0.3, -0.25) is 4.79 Å². The lowest BCUT2D eigenvalue weighted by Gasteiger charge is -2.25. The Kier molecular flexibility index (Phi) is 4.08. The van der Waals surface area contributed by atoms with E-state index in [1.807, 2.05) is 30.3 Å². The number of benzene rings is 2. The van der Waals surface area contributed by atoms with Crippen LogP contribution in [0.2, 0.25) is 0 Å². The maximum Gasteiger partial charge on any atom is 0.319 e. The van der Waals surface area contributed by atoms with Gasteiger partial charge in [0.15, 0.2) is 0 Å². The van der Waals surface area contributed by atoms with E-state index in [2.05, 4.69) is 10.6 Å². The van der Waals surface area contributed by atoms with Crippen molar-refractivity contribution in [2.45, 2.75) is 12.5 Å². The molecule has 0 radical (unpaired) electrons. The number of carbonyl (C=O) groups excluding carboxylic acids is 2. The first-order valence-electron chi connectivity index (χ1n) is 8.54. The van der Waals surface area contributed by atoms with Crippen LogP contribution in [-0.2, 0) is 11.2 Å². The molecule has 0 spiro atoms. The summed E-state index contributed by atoms with van der Waals surface area (Å²) in [6, 6.07) is 15.7. The van der Waals surface area contributed by atoms with E-state index in [0.29, 0.717) is 24.4 Å². The molecular weight excluding hydrogens is 330 g/mol. The molecule has 0 unspecified atom stereocenters. The molecule has 0 fully saturated rings. The summed E-state index contributed by atoms with van der Waals surface area (Å²) in [4.78, 5) is 26.7. The molecule has 3 N–H and O–H groups in total. The van der Waals surface area contributed by atoms with E-state index in [4.69, 9.17) is 0 Å². The highest BCUT2D eigenvalue weighted by atomic mass is 16.3. The van der Waals surface area contributed by atoms with E-state index in [0.717, 1.165) is 12.0 Å². The Morgan fingerprint density at radius 3 is 2.50 bits per heavy atom. The van der Waals surface area contributed by atoms with E-state index >= 15 is 0 Å². The molecule has 6 heteroatoms. The number of phenolic OH excluding ortho intramolecular Hbond substituents is 1. The first-order chi connectivity index (χ1) is 12.6. The summed E-state index contributed by atoms with van der Waals surface area (Å²) >= 11 is 0. The monoisotopic (exact) mass is 349 g/mol. The van der Waals surface area contributed by atoms with E-state index in [9.17, 15) is 14.7 Å². The quantitative estimate of drug-likeness (QED) is 0.790. The second kappa shape index (κ2) is 6.55. The number of urea groups is 1. The summed E-state index contributed by atoms with van der Waals surface area (Å²) in [5.41, 5.74) is 3.17. The topological polar surface area (TPSA) is 81.7 Å². The molecule has 0 aliphatic carbocycles. The van der Waals surface area contributed by atoms with Crippen LogP contribution in [0, 0.1) is 0 Å².